The summed E-state index contributed by atoms with van der Waals surface area (Å²) >= 11 is 1.17. The summed E-state index contributed by atoms with van der Waals surface area (Å²) in [5.74, 6) is -0.620. The molecule has 0 saturated heterocycles. The summed E-state index contributed by atoms with van der Waals surface area (Å²) in [5.41, 5.74) is 1.63. The highest BCUT2D eigenvalue weighted by atomic mass is 32.1. The minimum atomic E-state index is -4.80. The van der Waals surface area contributed by atoms with Crippen LogP contribution in [0.25, 0.3) is 10.6 Å². The number of nitrogens with zero attached hydrogens (tertiary/aromatic N) is 3. The predicted molar refractivity (Wildman–Crippen MR) is 148 cm³/mol. The van der Waals surface area contributed by atoms with Gasteiger partial charge in [-0.05, 0) is 50.5 Å². The van der Waals surface area contributed by atoms with Crippen molar-refractivity contribution >= 4 is 23.3 Å². The van der Waals surface area contributed by atoms with E-state index in [1.807, 2.05) is 38.1 Å². The first kappa shape index (κ1) is 32.5. The lowest BCUT2D eigenvalue weighted by atomic mass is 10.0. The number of ether oxygens (including phenoxy) is 2. The third-order valence-corrected chi connectivity index (χ3v) is 6.10. The Bertz CT molecular complexity index is 1260. The first-order valence-corrected chi connectivity index (χ1v) is 13.5. The van der Waals surface area contributed by atoms with Gasteiger partial charge in [0.15, 0.2) is 0 Å². The molecular formula is C28H35F3N4O4S. The van der Waals surface area contributed by atoms with Crippen LogP contribution in [0.5, 0.6) is 5.75 Å². The van der Waals surface area contributed by atoms with Crippen molar-refractivity contribution in [3.8, 4) is 16.3 Å². The molecule has 1 atom stereocenters. The van der Waals surface area contributed by atoms with E-state index >= 15 is 0 Å². The number of aromatic nitrogens is 2. The van der Waals surface area contributed by atoms with E-state index in [2.05, 4.69) is 20.3 Å². The number of carbonyl (C=O) groups excluding carboxylic acids is 2. The predicted octanol–water partition coefficient (Wildman–Crippen LogP) is 6.92. The van der Waals surface area contributed by atoms with Crippen LogP contribution in [0.2, 0.25) is 0 Å². The van der Waals surface area contributed by atoms with Gasteiger partial charge in [0, 0.05) is 26.1 Å². The van der Waals surface area contributed by atoms with Crippen molar-refractivity contribution in [1.29, 1.82) is 0 Å². The van der Waals surface area contributed by atoms with E-state index in [-0.39, 0.29) is 11.7 Å². The molecule has 12 heteroatoms. The highest BCUT2D eigenvalue weighted by molar-refractivity contribution is 7.14. The van der Waals surface area contributed by atoms with Gasteiger partial charge in [-0.2, -0.15) is 0 Å². The van der Waals surface area contributed by atoms with E-state index in [0.717, 1.165) is 11.1 Å². The molecule has 2 amide bonds. The number of hydrogen-bond acceptors (Lipinski definition) is 7. The van der Waals surface area contributed by atoms with Crippen molar-refractivity contribution in [3.05, 3.63) is 64.7 Å². The van der Waals surface area contributed by atoms with Crippen LogP contribution in [-0.2, 0) is 22.5 Å². The van der Waals surface area contributed by atoms with E-state index in [0.29, 0.717) is 28.5 Å². The van der Waals surface area contributed by atoms with Gasteiger partial charge in [0.1, 0.15) is 21.4 Å². The van der Waals surface area contributed by atoms with Crippen LogP contribution in [0, 0.1) is 0 Å². The molecule has 40 heavy (non-hydrogen) atoms. The van der Waals surface area contributed by atoms with E-state index in [1.165, 1.54) is 41.4 Å². The van der Waals surface area contributed by atoms with Crippen molar-refractivity contribution in [2.45, 2.75) is 72.5 Å². The molecule has 3 rings (SSSR count). The number of halogens is 3. The quantitative estimate of drug-likeness (QED) is 0.311. The maximum absolute atomic E-state index is 12.6. The fourth-order valence-electron chi connectivity index (χ4n) is 3.46. The molecule has 0 aliphatic carbocycles. The number of rotatable bonds is 8. The molecular weight excluding hydrogens is 545 g/mol. The van der Waals surface area contributed by atoms with Gasteiger partial charge in [-0.1, -0.05) is 61.6 Å². The van der Waals surface area contributed by atoms with E-state index in [9.17, 15) is 22.8 Å². The van der Waals surface area contributed by atoms with Crippen LogP contribution in [0.4, 0.5) is 18.0 Å². The van der Waals surface area contributed by atoms with Crippen molar-refractivity contribution in [3.63, 3.8) is 0 Å². The Morgan fingerprint density at radius 3 is 2.23 bits per heavy atom. The van der Waals surface area contributed by atoms with Crippen LogP contribution >= 0.6 is 11.3 Å². The number of carbonyl (C=O) groups is 2. The summed E-state index contributed by atoms with van der Waals surface area (Å²) in [5, 5.41) is 12.1. The Hall–Kier alpha value is -3.67. The summed E-state index contributed by atoms with van der Waals surface area (Å²) in [7, 11) is 1.66. The zero-order chi connectivity index (χ0) is 30.1. The van der Waals surface area contributed by atoms with Gasteiger partial charge in [0.25, 0.3) is 0 Å². The average Bonchev–Trinajstić information content (AvgIpc) is 3.34. The van der Waals surface area contributed by atoms with Crippen molar-refractivity contribution in [1.82, 2.24) is 20.4 Å². The summed E-state index contributed by atoms with van der Waals surface area (Å²) in [6, 6.07) is 12.5. The minimum absolute atomic E-state index is 0.261. The van der Waals surface area contributed by atoms with Gasteiger partial charge in [-0.15, -0.1) is 23.4 Å². The van der Waals surface area contributed by atoms with Crippen LogP contribution in [0.3, 0.4) is 0 Å². The third-order valence-electron chi connectivity index (χ3n) is 5.02. The largest absolute Gasteiger partial charge is 0.573 e. The molecule has 0 spiro atoms. The lowest BCUT2D eigenvalue weighted by Crippen LogP contribution is -2.33. The molecule has 0 aliphatic heterocycles. The Labute approximate surface area is 236 Å². The van der Waals surface area contributed by atoms with Crippen molar-refractivity contribution in [2.24, 2.45) is 0 Å². The van der Waals surface area contributed by atoms with Crippen molar-refractivity contribution < 1.29 is 32.2 Å². The second kappa shape index (κ2) is 14.1. The Morgan fingerprint density at radius 2 is 1.65 bits per heavy atom. The van der Waals surface area contributed by atoms with E-state index < -0.39 is 24.1 Å². The lowest BCUT2D eigenvalue weighted by Gasteiger charge is -2.24. The van der Waals surface area contributed by atoms with E-state index in [4.69, 9.17) is 4.74 Å². The second-order valence-corrected chi connectivity index (χ2v) is 10.6. The molecule has 1 N–H and O–H groups in total. The third kappa shape index (κ3) is 10.8. The number of hydrogen-bond donors (Lipinski definition) is 1. The highest BCUT2D eigenvalue weighted by Crippen LogP contribution is 2.32. The lowest BCUT2D eigenvalue weighted by molar-refractivity contribution is -0.274. The summed E-state index contributed by atoms with van der Waals surface area (Å²) in [4.78, 5) is 25.6. The molecule has 1 aromatic heterocycles. The van der Waals surface area contributed by atoms with Crippen LogP contribution in [0.15, 0.2) is 48.5 Å². The first-order valence-electron chi connectivity index (χ1n) is 12.7. The SMILES string of the molecule is CC.CC(=O)NC(Cc1ccc(CN(C)C(=O)OC(C)(C)C)cc1)c1nnc(-c2cccc(OC(F)(F)F)c2)s1. The van der Waals surface area contributed by atoms with Gasteiger partial charge in [-0.3, -0.25) is 4.79 Å². The van der Waals surface area contributed by atoms with Gasteiger partial charge < -0.3 is 19.7 Å². The average molecular weight is 581 g/mol. The maximum Gasteiger partial charge on any atom is 0.573 e. The van der Waals surface area contributed by atoms with Gasteiger partial charge in [0.05, 0.1) is 6.04 Å². The van der Waals surface area contributed by atoms with Crippen molar-refractivity contribution in [2.75, 3.05) is 7.05 Å². The number of alkyl halides is 3. The Morgan fingerprint density at radius 1 is 1.02 bits per heavy atom. The Kier molecular flexibility index (Phi) is 11.5. The first-order chi connectivity index (χ1) is 18.7. The molecule has 1 heterocycles. The molecule has 0 bridgehead atoms. The summed E-state index contributed by atoms with van der Waals surface area (Å²) < 4.78 is 47.1. The smallest absolute Gasteiger partial charge is 0.444 e. The monoisotopic (exact) mass is 580 g/mol. The fraction of sp³-hybridized carbons (Fsp3) is 0.429. The van der Waals surface area contributed by atoms with Crippen LogP contribution in [0.1, 0.15) is 63.7 Å². The number of benzene rings is 2. The molecule has 0 fully saturated rings. The molecule has 0 saturated carbocycles. The molecule has 0 radical (unpaired) electrons. The van der Waals surface area contributed by atoms with Gasteiger partial charge >= 0.3 is 12.5 Å². The maximum atomic E-state index is 12.6. The Balaban J connectivity index is 0.00000274. The zero-order valence-electron chi connectivity index (χ0n) is 23.6. The van der Waals surface area contributed by atoms with E-state index in [1.54, 1.807) is 33.9 Å². The van der Waals surface area contributed by atoms with Crippen LogP contribution in [-0.4, -0.2) is 46.1 Å². The topological polar surface area (TPSA) is 93.7 Å². The normalized spacial score (nSPS) is 12.1. The minimum Gasteiger partial charge on any atom is -0.444 e. The molecule has 218 valence electrons. The summed E-state index contributed by atoms with van der Waals surface area (Å²) in [6.45, 7) is 11.2. The highest BCUT2D eigenvalue weighted by Gasteiger charge is 2.31. The van der Waals surface area contributed by atoms with Crippen LogP contribution < -0.4 is 10.1 Å². The standard InChI is InChI=1S/C26H29F3N4O4S.C2H6/c1-16(34)30-21(13-17-9-11-18(12-10-17)15-33(5)24(35)37-25(2,3)4)23-32-31-22(38-23)19-7-6-8-20(14-19)36-26(27,28)29;1-2/h6-12,14,21H,13,15H2,1-5H3,(H,30,34);1-2H3. The summed E-state index contributed by atoms with van der Waals surface area (Å²) in [6.07, 6.45) is -4.81. The second-order valence-electron chi connectivity index (χ2n) is 9.63. The van der Waals surface area contributed by atoms with Gasteiger partial charge in [-0.25, -0.2) is 4.79 Å². The number of nitrogens with one attached hydrogen (secondary N) is 1. The molecule has 2 aromatic carbocycles. The molecule has 8 nitrogen and oxygen atoms in total. The zero-order valence-corrected chi connectivity index (χ0v) is 24.4. The van der Waals surface area contributed by atoms with Gasteiger partial charge in [0.2, 0.25) is 5.91 Å². The molecule has 3 aromatic rings. The molecule has 1 unspecified atom stereocenters. The number of amides is 2. The fourth-order valence-corrected chi connectivity index (χ4v) is 4.35. The molecule has 0 aliphatic rings.